The van der Waals surface area contributed by atoms with E-state index < -0.39 is 32.5 Å². The second kappa shape index (κ2) is 9.23. The van der Waals surface area contributed by atoms with Crippen LogP contribution in [0.25, 0.3) is 0 Å². The smallest absolute Gasteiger partial charge is 0.338 e. The Hall–Kier alpha value is -3.31. The Morgan fingerprint density at radius 1 is 1.10 bits per heavy atom. The fourth-order valence-corrected chi connectivity index (χ4v) is 3.70. The molecule has 0 heterocycles. The zero-order chi connectivity index (χ0) is 23.5. The lowest BCUT2D eigenvalue weighted by molar-refractivity contribution is -0.384. The summed E-state index contributed by atoms with van der Waals surface area (Å²) in [6, 6.07) is 6.05. The van der Waals surface area contributed by atoms with Gasteiger partial charge in [0.2, 0.25) is 10.0 Å². The van der Waals surface area contributed by atoms with Gasteiger partial charge in [-0.25, -0.2) is 17.5 Å². The average Bonchev–Trinajstić information content (AvgIpc) is 2.70. The summed E-state index contributed by atoms with van der Waals surface area (Å²) in [5.74, 6) is -1.54. The number of nitro groups is 1. The molecule has 2 aromatic carbocycles. The molecule has 0 fully saturated rings. The molecule has 0 aliphatic heterocycles. The topological polar surface area (TPSA) is 136 Å². The molecule has 2 rings (SSSR count). The number of non-ortho nitro benzene ring substituents is 1. The van der Waals surface area contributed by atoms with Crippen LogP contribution in [0, 0.1) is 24.0 Å². The van der Waals surface area contributed by atoms with Gasteiger partial charge in [0.15, 0.2) is 0 Å². The number of rotatable bonds is 7. The SMILES string of the molecule is CCOC(=O)c1cc(C(=O)Nc2cc(S(=O)(=O)N(C)C)cc(C)c2C)cc([N+](=O)[O-])c1. The highest BCUT2D eigenvalue weighted by atomic mass is 32.2. The fraction of sp³-hybridized carbons (Fsp3) is 0.300. The van der Waals surface area contributed by atoms with Crippen molar-refractivity contribution < 1.29 is 27.7 Å². The average molecular weight is 449 g/mol. The Morgan fingerprint density at radius 3 is 2.26 bits per heavy atom. The number of benzene rings is 2. The Labute approximate surface area is 180 Å². The van der Waals surface area contributed by atoms with E-state index in [9.17, 15) is 28.1 Å². The molecule has 0 aliphatic carbocycles. The van der Waals surface area contributed by atoms with Gasteiger partial charge in [-0.05, 0) is 50.1 Å². The molecule has 11 heteroatoms. The van der Waals surface area contributed by atoms with E-state index in [4.69, 9.17) is 4.74 Å². The molecule has 1 N–H and O–H groups in total. The monoisotopic (exact) mass is 449 g/mol. The Bertz CT molecular complexity index is 1160. The third-order valence-corrected chi connectivity index (χ3v) is 6.36. The summed E-state index contributed by atoms with van der Waals surface area (Å²) < 4.78 is 30.9. The van der Waals surface area contributed by atoms with Crippen molar-refractivity contribution in [3.8, 4) is 0 Å². The van der Waals surface area contributed by atoms with Crippen LogP contribution in [0.15, 0.2) is 35.2 Å². The van der Waals surface area contributed by atoms with E-state index in [1.54, 1.807) is 20.8 Å². The zero-order valence-corrected chi connectivity index (χ0v) is 18.6. The first-order valence-corrected chi connectivity index (χ1v) is 10.6. The standard InChI is InChI=1S/C20H23N3O7S/c1-6-30-20(25)15-8-14(9-16(10-15)23(26)27)19(24)21-18-11-17(7-12(2)13(18)3)31(28,29)22(4)5/h7-11H,6H2,1-5H3,(H,21,24). The third-order valence-electron chi connectivity index (χ3n) is 4.57. The first-order valence-electron chi connectivity index (χ1n) is 9.20. The molecule has 166 valence electrons. The fourth-order valence-electron chi connectivity index (χ4n) is 2.69. The van der Waals surface area contributed by atoms with E-state index in [-0.39, 0.29) is 28.3 Å². The predicted molar refractivity (Wildman–Crippen MR) is 114 cm³/mol. The van der Waals surface area contributed by atoms with Crippen molar-refractivity contribution in [2.45, 2.75) is 25.7 Å². The number of carbonyl (C=O) groups excluding carboxylic acids is 2. The van der Waals surface area contributed by atoms with E-state index in [0.717, 1.165) is 16.4 Å². The molecule has 0 atom stereocenters. The van der Waals surface area contributed by atoms with Gasteiger partial charge in [-0.2, -0.15) is 0 Å². The number of hydrogen-bond acceptors (Lipinski definition) is 7. The maximum absolute atomic E-state index is 12.8. The molecule has 10 nitrogen and oxygen atoms in total. The van der Waals surface area contributed by atoms with E-state index in [2.05, 4.69) is 5.32 Å². The van der Waals surface area contributed by atoms with E-state index in [1.807, 2.05) is 0 Å². The molecule has 1 amide bonds. The van der Waals surface area contributed by atoms with Crippen LogP contribution in [-0.2, 0) is 14.8 Å². The Morgan fingerprint density at radius 2 is 1.71 bits per heavy atom. The summed E-state index contributed by atoms with van der Waals surface area (Å²) in [5.41, 5.74) is 0.752. The first-order chi connectivity index (χ1) is 14.4. The van der Waals surface area contributed by atoms with E-state index in [0.29, 0.717) is 11.1 Å². The van der Waals surface area contributed by atoms with Gasteiger partial charge in [0.05, 0.1) is 22.0 Å². The molecule has 0 spiro atoms. The minimum absolute atomic E-state index is 0.0119. The van der Waals surface area contributed by atoms with Crippen LogP contribution in [0.1, 0.15) is 38.8 Å². The molecule has 0 unspecified atom stereocenters. The molecule has 0 aromatic heterocycles. The molecule has 0 radical (unpaired) electrons. The summed E-state index contributed by atoms with van der Waals surface area (Å²) in [6.07, 6.45) is 0. The van der Waals surface area contributed by atoms with Crippen LogP contribution >= 0.6 is 0 Å². The Kier molecular flexibility index (Phi) is 7.13. The number of nitrogens with one attached hydrogen (secondary N) is 1. The minimum atomic E-state index is -3.75. The van der Waals surface area contributed by atoms with Gasteiger partial charge < -0.3 is 10.1 Å². The molecule has 0 saturated heterocycles. The summed E-state index contributed by atoms with van der Waals surface area (Å²) in [6.45, 7) is 5.05. The van der Waals surface area contributed by atoms with Crippen LogP contribution in [-0.4, -0.2) is 50.2 Å². The van der Waals surface area contributed by atoms with Gasteiger partial charge in [-0.15, -0.1) is 0 Å². The number of amides is 1. The van der Waals surface area contributed by atoms with Crippen LogP contribution in [0.5, 0.6) is 0 Å². The highest BCUT2D eigenvalue weighted by Gasteiger charge is 2.22. The summed E-state index contributed by atoms with van der Waals surface area (Å²) in [5, 5.41) is 13.8. The molecule has 0 bridgehead atoms. The van der Waals surface area contributed by atoms with Crippen LogP contribution in [0.3, 0.4) is 0 Å². The van der Waals surface area contributed by atoms with Crippen LogP contribution in [0.2, 0.25) is 0 Å². The van der Waals surface area contributed by atoms with Gasteiger partial charge in [0.1, 0.15) is 0 Å². The highest BCUT2D eigenvalue weighted by Crippen LogP contribution is 2.27. The number of esters is 1. The van der Waals surface area contributed by atoms with Crippen molar-refractivity contribution in [2.75, 3.05) is 26.0 Å². The Balaban J connectivity index is 2.51. The predicted octanol–water partition coefficient (Wildman–Crippen LogP) is 2.89. The largest absolute Gasteiger partial charge is 0.462 e. The van der Waals surface area contributed by atoms with Crippen LogP contribution in [0.4, 0.5) is 11.4 Å². The van der Waals surface area contributed by atoms with Gasteiger partial charge in [-0.3, -0.25) is 14.9 Å². The summed E-state index contributed by atoms with van der Waals surface area (Å²) >= 11 is 0. The quantitative estimate of drug-likeness (QED) is 0.390. The lowest BCUT2D eigenvalue weighted by atomic mass is 10.1. The van der Waals surface area contributed by atoms with E-state index in [1.165, 1.54) is 32.3 Å². The third kappa shape index (κ3) is 5.25. The van der Waals surface area contributed by atoms with Crippen LogP contribution < -0.4 is 5.32 Å². The van der Waals surface area contributed by atoms with Crippen molar-refractivity contribution in [1.82, 2.24) is 4.31 Å². The minimum Gasteiger partial charge on any atom is -0.462 e. The number of aryl methyl sites for hydroxylation is 1. The van der Waals surface area contributed by atoms with Crippen molar-refractivity contribution >= 4 is 33.3 Å². The van der Waals surface area contributed by atoms with Crippen molar-refractivity contribution in [2.24, 2.45) is 0 Å². The zero-order valence-electron chi connectivity index (χ0n) is 17.8. The summed E-state index contributed by atoms with van der Waals surface area (Å²) in [4.78, 5) is 35.4. The number of nitro benzene ring substituents is 1. The summed E-state index contributed by atoms with van der Waals surface area (Å²) in [7, 11) is -0.966. The number of nitrogens with zero attached hydrogens (tertiary/aromatic N) is 2. The number of hydrogen-bond donors (Lipinski definition) is 1. The van der Waals surface area contributed by atoms with E-state index >= 15 is 0 Å². The number of anilines is 1. The van der Waals surface area contributed by atoms with Gasteiger partial charge >= 0.3 is 5.97 Å². The lowest BCUT2D eigenvalue weighted by Crippen LogP contribution is -2.23. The number of sulfonamides is 1. The lowest BCUT2D eigenvalue weighted by Gasteiger charge is -2.16. The molecule has 0 aliphatic rings. The second-order valence-electron chi connectivity index (χ2n) is 6.90. The number of carbonyl (C=O) groups is 2. The molecular weight excluding hydrogens is 426 g/mol. The van der Waals surface area contributed by atoms with Gasteiger partial charge in [0, 0.05) is 37.5 Å². The molecular formula is C20H23N3O7S. The number of ether oxygens (including phenoxy) is 1. The molecule has 2 aromatic rings. The van der Waals surface area contributed by atoms with Crippen molar-refractivity contribution in [1.29, 1.82) is 0 Å². The first kappa shape index (κ1) is 24.0. The van der Waals surface area contributed by atoms with Crippen molar-refractivity contribution in [3.05, 3.63) is 62.7 Å². The van der Waals surface area contributed by atoms with Gasteiger partial charge in [0.25, 0.3) is 11.6 Å². The molecule has 31 heavy (non-hydrogen) atoms. The normalized spacial score (nSPS) is 11.3. The van der Waals surface area contributed by atoms with Crippen molar-refractivity contribution in [3.63, 3.8) is 0 Å². The maximum Gasteiger partial charge on any atom is 0.338 e. The second-order valence-corrected chi connectivity index (χ2v) is 9.05. The molecule has 0 saturated carbocycles. The highest BCUT2D eigenvalue weighted by molar-refractivity contribution is 7.89. The van der Waals surface area contributed by atoms with Gasteiger partial charge in [-0.1, -0.05) is 0 Å². The maximum atomic E-state index is 12.8.